The monoisotopic (exact) mass is 283 g/mol. The van der Waals surface area contributed by atoms with Crippen LogP contribution in [0.25, 0.3) is 0 Å². The van der Waals surface area contributed by atoms with Crippen LogP contribution in [0.2, 0.25) is 10.0 Å². The van der Waals surface area contributed by atoms with Gasteiger partial charge in [0.15, 0.2) is 0 Å². The first-order valence-corrected chi connectivity index (χ1v) is 5.70. The van der Waals surface area contributed by atoms with Crippen molar-refractivity contribution in [3.05, 3.63) is 62.6 Å². The van der Waals surface area contributed by atoms with Gasteiger partial charge in [0.05, 0.1) is 15.0 Å². The van der Waals surface area contributed by atoms with Crippen LogP contribution < -0.4 is 4.74 Å². The average molecular weight is 284 g/mol. The molecule has 18 heavy (non-hydrogen) atoms. The van der Waals surface area contributed by atoms with Crippen LogP contribution in [0.5, 0.6) is 11.5 Å². The van der Waals surface area contributed by atoms with Gasteiger partial charge in [-0.25, -0.2) is 0 Å². The van der Waals surface area contributed by atoms with Gasteiger partial charge in [-0.3, -0.25) is 10.1 Å². The van der Waals surface area contributed by atoms with Crippen LogP contribution in [-0.2, 0) is 0 Å². The zero-order valence-electron chi connectivity index (χ0n) is 8.97. The Kier molecular flexibility index (Phi) is 3.69. The number of benzene rings is 2. The van der Waals surface area contributed by atoms with Crippen molar-refractivity contribution >= 4 is 28.9 Å². The first-order chi connectivity index (χ1) is 8.58. The molecule has 0 N–H and O–H groups in total. The molecule has 4 nitrogen and oxygen atoms in total. The molecular formula is C12H7Cl2NO3. The van der Waals surface area contributed by atoms with Crippen molar-refractivity contribution in [1.82, 2.24) is 0 Å². The summed E-state index contributed by atoms with van der Waals surface area (Å²) in [6.07, 6.45) is 0. The van der Waals surface area contributed by atoms with Crippen molar-refractivity contribution in [1.29, 1.82) is 0 Å². The fraction of sp³-hybridized carbons (Fsp3) is 0. The lowest BCUT2D eigenvalue weighted by Crippen LogP contribution is -1.93. The Morgan fingerprint density at radius 3 is 2.28 bits per heavy atom. The van der Waals surface area contributed by atoms with E-state index in [0.717, 1.165) is 0 Å². The lowest BCUT2D eigenvalue weighted by atomic mass is 10.3. The molecule has 0 aliphatic heterocycles. The summed E-state index contributed by atoms with van der Waals surface area (Å²) >= 11 is 11.6. The maximum Gasteiger partial charge on any atom is 0.313 e. The lowest BCUT2D eigenvalue weighted by molar-refractivity contribution is -0.385. The minimum Gasteiger partial charge on any atom is -0.450 e. The van der Waals surface area contributed by atoms with E-state index in [4.69, 9.17) is 27.9 Å². The van der Waals surface area contributed by atoms with Crippen molar-refractivity contribution in [2.45, 2.75) is 0 Å². The summed E-state index contributed by atoms with van der Waals surface area (Å²) in [5, 5.41) is 11.2. The van der Waals surface area contributed by atoms with Gasteiger partial charge < -0.3 is 4.74 Å². The number of para-hydroxylation sites is 1. The Bertz CT molecular complexity index is 587. The zero-order valence-corrected chi connectivity index (χ0v) is 10.5. The van der Waals surface area contributed by atoms with E-state index in [1.165, 1.54) is 12.1 Å². The van der Waals surface area contributed by atoms with Crippen molar-refractivity contribution in [3.8, 4) is 11.5 Å². The number of nitro groups is 1. The lowest BCUT2D eigenvalue weighted by Gasteiger charge is -2.07. The van der Waals surface area contributed by atoms with Crippen LogP contribution in [0.15, 0.2) is 42.5 Å². The van der Waals surface area contributed by atoms with E-state index in [-0.39, 0.29) is 21.5 Å². The largest absolute Gasteiger partial charge is 0.450 e. The van der Waals surface area contributed by atoms with E-state index < -0.39 is 4.92 Å². The van der Waals surface area contributed by atoms with Crippen LogP contribution >= 0.6 is 23.2 Å². The predicted molar refractivity (Wildman–Crippen MR) is 69.6 cm³/mol. The van der Waals surface area contributed by atoms with Crippen LogP contribution in [0.1, 0.15) is 0 Å². The predicted octanol–water partition coefficient (Wildman–Crippen LogP) is 4.69. The fourth-order valence-corrected chi connectivity index (χ4v) is 1.67. The summed E-state index contributed by atoms with van der Waals surface area (Å²) in [4.78, 5) is 10.3. The van der Waals surface area contributed by atoms with E-state index in [1.807, 2.05) is 6.07 Å². The third-order valence-corrected chi connectivity index (χ3v) is 2.89. The van der Waals surface area contributed by atoms with E-state index in [2.05, 4.69) is 0 Å². The molecule has 0 radical (unpaired) electrons. The van der Waals surface area contributed by atoms with E-state index >= 15 is 0 Å². The molecule has 92 valence electrons. The summed E-state index contributed by atoms with van der Waals surface area (Å²) in [5.74, 6) is 0.541. The number of nitro benzene ring substituents is 1. The molecule has 2 aromatic carbocycles. The summed E-state index contributed by atoms with van der Waals surface area (Å²) < 4.78 is 5.42. The van der Waals surface area contributed by atoms with Crippen LogP contribution in [0.3, 0.4) is 0 Å². The number of hydrogen-bond acceptors (Lipinski definition) is 3. The SMILES string of the molecule is O=[N+]([O-])c1cc(Cl)c(Cl)cc1Oc1ccccc1. The fourth-order valence-electron chi connectivity index (χ4n) is 1.36. The van der Waals surface area contributed by atoms with E-state index in [0.29, 0.717) is 5.75 Å². The number of rotatable bonds is 3. The first-order valence-electron chi connectivity index (χ1n) is 4.94. The second kappa shape index (κ2) is 5.25. The van der Waals surface area contributed by atoms with Gasteiger partial charge in [0.2, 0.25) is 5.75 Å². The maximum absolute atomic E-state index is 10.9. The third-order valence-electron chi connectivity index (χ3n) is 2.17. The molecule has 0 aliphatic rings. The highest BCUT2D eigenvalue weighted by Gasteiger charge is 2.18. The minimum absolute atomic E-state index is 0.0561. The summed E-state index contributed by atoms with van der Waals surface area (Å²) in [6.45, 7) is 0. The Morgan fingerprint density at radius 1 is 1.06 bits per heavy atom. The van der Waals surface area contributed by atoms with Gasteiger partial charge in [-0.1, -0.05) is 41.4 Å². The molecule has 0 bridgehead atoms. The van der Waals surface area contributed by atoms with E-state index in [9.17, 15) is 10.1 Å². The number of ether oxygens (including phenoxy) is 1. The van der Waals surface area contributed by atoms with Gasteiger partial charge >= 0.3 is 5.69 Å². The smallest absolute Gasteiger partial charge is 0.313 e. The topological polar surface area (TPSA) is 52.4 Å². The molecule has 0 fully saturated rings. The minimum atomic E-state index is -0.569. The summed E-state index contributed by atoms with van der Waals surface area (Å²) in [7, 11) is 0. The Morgan fingerprint density at radius 2 is 1.67 bits per heavy atom. The van der Waals surface area contributed by atoms with Gasteiger partial charge in [-0.2, -0.15) is 0 Å². The highest BCUT2D eigenvalue weighted by molar-refractivity contribution is 6.42. The summed E-state index contributed by atoms with van der Waals surface area (Å²) in [5.41, 5.74) is -0.228. The van der Waals surface area contributed by atoms with Crippen molar-refractivity contribution in [2.24, 2.45) is 0 Å². The van der Waals surface area contributed by atoms with Crippen LogP contribution in [-0.4, -0.2) is 4.92 Å². The van der Waals surface area contributed by atoms with Crippen molar-refractivity contribution in [2.75, 3.05) is 0 Å². The van der Waals surface area contributed by atoms with Gasteiger partial charge in [0.1, 0.15) is 5.75 Å². The van der Waals surface area contributed by atoms with Crippen LogP contribution in [0.4, 0.5) is 5.69 Å². The molecule has 0 heterocycles. The highest BCUT2D eigenvalue weighted by atomic mass is 35.5. The molecule has 0 saturated carbocycles. The van der Waals surface area contributed by atoms with Gasteiger partial charge in [0, 0.05) is 12.1 Å². The average Bonchev–Trinajstić information content (AvgIpc) is 2.34. The maximum atomic E-state index is 10.9. The molecule has 0 unspecified atom stereocenters. The molecular weight excluding hydrogens is 277 g/mol. The number of nitrogens with zero attached hydrogens (tertiary/aromatic N) is 1. The Labute approximate surface area is 113 Å². The molecule has 2 aromatic rings. The molecule has 0 atom stereocenters. The molecule has 0 aliphatic carbocycles. The van der Waals surface area contributed by atoms with Gasteiger partial charge in [-0.15, -0.1) is 0 Å². The molecule has 0 aromatic heterocycles. The highest BCUT2D eigenvalue weighted by Crippen LogP contribution is 2.37. The normalized spacial score (nSPS) is 10.1. The molecule has 0 saturated heterocycles. The third kappa shape index (κ3) is 2.72. The standard InChI is InChI=1S/C12H7Cl2NO3/c13-9-6-11(15(16)17)12(7-10(9)14)18-8-4-2-1-3-5-8/h1-7H. The second-order valence-corrected chi connectivity index (χ2v) is 4.22. The molecule has 6 heteroatoms. The first kappa shape index (κ1) is 12.7. The van der Waals surface area contributed by atoms with Gasteiger partial charge in [0.25, 0.3) is 0 Å². The van der Waals surface area contributed by atoms with Crippen LogP contribution in [0, 0.1) is 10.1 Å². The summed E-state index contributed by atoms with van der Waals surface area (Å²) in [6, 6.07) is 11.2. The Hall–Kier alpha value is -1.78. The zero-order chi connectivity index (χ0) is 13.1. The quantitative estimate of drug-likeness (QED) is 0.606. The van der Waals surface area contributed by atoms with Crippen molar-refractivity contribution < 1.29 is 9.66 Å². The molecule has 2 rings (SSSR count). The molecule has 0 amide bonds. The Balaban J connectivity index is 2.43. The number of hydrogen-bond donors (Lipinski definition) is 0. The molecule has 0 spiro atoms. The number of halogens is 2. The second-order valence-electron chi connectivity index (χ2n) is 3.41. The van der Waals surface area contributed by atoms with E-state index in [1.54, 1.807) is 24.3 Å². The van der Waals surface area contributed by atoms with Gasteiger partial charge in [-0.05, 0) is 12.1 Å². The van der Waals surface area contributed by atoms with Crippen molar-refractivity contribution in [3.63, 3.8) is 0 Å².